The van der Waals surface area contributed by atoms with Crippen molar-refractivity contribution in [2.75, 3.05) is 6.54 Å². The van der Waals surface area contributed by atoms with Gasteiger partial charge < -0.3 is 10.0 Å². The number of carbonyl (C=O) groups is 1. The summed E-state index contributed by atoms with van der Waals surface area (Å²) >= 11 is 3.47. The van der Waals surface area contributed by atoms with Gasteiger partial charge in [-0.25, -0.2) is 4.98 Å². The monoisotopic (exact) mass is 453 g/mol. The van der Waals surface area contributed by atoms with Crippen molar-refractivity contribution in [1.82, 2.24) is 14.3 Å². The molecule has 1 saturated carbocycles. The summed E-state index contributed by atoms with van der Waals surface area (Å²) in [4.78, 5) is 20.1. The van der Waals surface area contributed by atoms with Gasteiger partial charge in [-0.05, 0) is 52.9 Å². The topological polar surface area (TPSA) is 57.8 Å². The quantitative estimate of drug-likeness (QED) is 0.625. The maximum atomic E-state index is 13.6. The van der Waals surface area contributed by atoms with E-state index >= 15 is 0 Å². The van der Waals surface area contributed by atoms with Crippen molar-refractivity contribution >= 4 is 27.4 Å². The van der Waals surface area contributed by atoms with Gasteiger partial charge in [0.15, 0.2) is 10.4 Å². The Morgan fingerprint density at radius 2 is 1.86 bits per heavy atom. The third-order valence-electron chi connectivity index (χ3n) is 6.72. The Labute approximate surface area is 178 Å². The average Bonchev–Trinajstić information content (AvgIpc) is 3.11. The van der Waals surface area contributed by atoms with Crippen molar-refractivity contribution in [1.29, 1.82) is 0 Å². The second-order valence-corrected chi connectivity index (χ2v) is 8.89. The van der Waals surface area contributed by atoms with E-state index in [4.69, 9.17) is 0 Å². The first-order valence-corrected chi connectivity index (χ1v) is 11.1. The second-order valence-electron chi connectivity index (χ2n) is 8.18. The highest BCUT2D eigenvalue weighted by Gasteiger charge is 2.50. The summed E-state index contributed by atoms with van der Waals surface area (Å²) in [6, 6.07) is 15.8. The van der Waals surface area contributed by atoms with E-state index in [0.717, 1.165) is 36.8 Å². The molecule has 1 aromatic carbocycles. The van der Waals surface area contributed by atoms with Gasteiger partial charge in [0.05, 0.1) is 11.1 Å². The molecule has 2 aliphatic rings. The summed E-state index contributed by atoms with van der Waals surface area (Å²) in [6.07, 6.45) is 6.50. The number of benzene rings is 1. The number of aromatic nitrogens is 2. The Balaban J connectivity index is 1.51. The maximum absolute atomic E-state index is 13.6. The second kappa shape index (κ2) is 7.26. The Kier molecular flexibility index (Phi) is 4.71. The Morgan fingerprint density at radius 1 is 1.10 bits per heavy atom. The predicted octanol–water partition coefficient (Wildman–Crippen LogP) is 4.39. The summed E-state index contributed by atoms with van der Waals surface area (Å²) < 4.78 is 2.52. The van der Waals surface area contributed by atoms with Crippen LogP contribution in [0.3, 0.4) is 0 Å². The molecule has 3 aromatic rings. The number of hydrogen-bond acceptors (Lipinski definition) is 3. The van der Waals surface area contributed by atoms with Crippen LogP contribution in [0.5, 0.6) is 0 Å². The van der Waals surface area contributed by atoms with E-state index in [9.17, 15) is 9.90 Å². The highest BCUT2D eigenvalue weighted by atomic mass is 79.9. The summed E-state index contributed by atoms with van der Waals surface area (Å²) in [5.41, 5.74) is 1.38. The summed E-state index contributed by atoms with van der Waals surface area (Å²) in [5, 5.41) is 11.7. The van der Waals surface area contributed by atoms with E-state index in [1.165, 1.54) is 0 Å². The van der Waals surface area contributed by atoms with Gasteiger partial charge >= 0.3 is 0 Å². The molecule has 5 nitrogen and oxygen atoms in total. The van der Waals surface area contributed by atoms with Crippen LogP contribution in [0.1, 0.15) is 48.2 Å². The molecule has 1 saturated heterocycles. The Bertz CT molecular complexity index is 1050. The average molecular weight is 454 g/mol. The van der Waals surface area contributed by atoms with Crippen LogP contribution in [-0.2, 0) is 5.60 Å². The molecule has 29 heavy (non-hydrogen) atoms. The molecule has 2 fully saturated rings. The number of pyridine rings is 1. The third kappa shape index (κ3) is 3.01. The first-order chi connectivity index (χ1) is 14.1. The van der Waals surface area contributed by atoms with Gasteiger partial charge in [-0.2, -0.15) is 0 Å². The predicted molar refractivity (Wildman–Crippen MR) is 115 cm³/mol. The number of piperidine rings is 1. The molecule has 1 N–H and O–H groups in total. The lowest BCUT2D eigenvalue weighted by Crippen LogP contribution is -2.59. The summed E-state index contributed by atoms with van der Waals surface area (Å²) in [6.45, 7) is 0.537. The molecule has 0 unspecified atom stereocenters. The van der Waals surface area contributed by atoms with Crippen molar-refractivity contribution in [2.45, 2.75) is 43.7 Å². The number of imidazole rings is 1. The van der Waals surface area contributed by atoms with Crippen molar-refractivity contribution in [3.05, 3.63) is 70.7 Å². The number of rotatable bonds is 2. The SMILES string of the molecule is O=C(c1nc(Br)n2ccccc12)N1CC[C@@](O)(c2ccccc2)[C@@H]2CCCC[C@@H]21. The standard InChI is InChI=1S/C23H24BrN3O2/c24-22-25-20(19-12-6-7-14-27(19)22)21(28)26-15-13-23(29,16-8-2-1-3-9-16)17-10-4-5-11-18(17)26/h1-3,6-9,12,14,17-18,29H,4-5,10-11,13,15H2/t17-,18+,23-/m1/s1. The van der Waals surface area contributed by atoms with Gasteiger partial charge in [0.25, 0.3) is 5.91 Å². The zero-order chi connectivity index (χ0) is 20.0. The van der Waals surface area contributed by atoms with Crippen molar-refractivity contribution in [3.63, 3.8) is 0 Å². The maximum Gasteiger partial charge on any atom is 0.275 e. The third-order valence-corrected chi connectivity index (χ3v) is 7.28. The first kappa shape index (κ1) is 18.8. The highest BCUT2D eigenvalue weighted by Crippen LogP contribution is 2.47. The molecule has 1 amide bonds. The molecule has 5 rings (SSSR count). The minimum absolute atomic E-state index is 0.0357. The van der Waals surface area contributed by atoms with E-state index in [-0.39, 0.29) is 17.9 Å². The number of fused-ring (bicyclic) bond motifs is 2. The lowest BCUT2D eigenvalue weighted by Gasteiger charge is -2.52. The van der Waals surface area contributed by atoms with Crippen LogP contribution in [0.2, 0.25) is 0 Å². The molecule has 150 valence electrons. The van der Waals surface area contributed by atoms with E-state index in [1.54, 1.807) is 0 Å². The van der Waals surface area contributed by atoms with Crippen LogP contribution in [-0.4, -0.2) is 37.9 Å². The fraction of sp³-hybridized carbons (Fsp3) is 0.391. The van der Waals surface area contributed by atoms with Crippen molar-refractivity contribution < 1.29 is 9.90 Å². The molecule has 0 spiro atoms. The fourth-order valence-electron chi connectivity index (χ4n) is 5.31. The Hall–Kier alpha value is -2.18. The number of aliphatic hydroxyl groups is 1. The zero-order valence-electron chi connectivity index (χ0n) is 16.2. The van der Waals surface area contributed by atoms with Crippen LogP contribution in [0.4, 0.5) is 0 Å². The van der Waals surface area contributed by atoms with E-state index < -0.39 is 5.60 Å². The minimum atomic E-state index is -0.875. The lowest BCUT2D eigenvalue weighted by atomic mass is 9.66. The Morgan fingerprint density at radius 3 is 2.69 bits per heavy atom. The van der Waals surface area contributed by atoms with Gasteiger partial charge in [0.2, 0.25) is 0 Å². The van der Waals surface area contributed by atoms with Gasteiger partial charge in [-0.15, -0.1) is 0 Å². The first-order valence-electron chi connectivity index (χ1n) is 10.3. The normalized spacial score (nSPS) is 27.0. The largest absolute Gasteiger partial charge is 0.385 e. The van der Waals surface area contributed by atoms with Gasteiger partial charge in [-0.1, -0.05) is 49.2 Å². The van der Waals surface area contributed by atoms with Gasteiger partial charge in [-0.3, -0.25) is 9.20 Å². The van der Waals surface area contributed by atoms with Crippen LogP contribution in [0, 0.1) is 5.92 Å². The number of likely N-dealkylation sites (tertiary alicyclic amines) is 1. The molecular weight excluding hydrogens is 430 g/mol. The number of nitrogens with zero attached hydrogens (tertiary/aromatic N) is 3. The van der Waals surface area contributed by atoms with Crippen LogP contribution in [0.15, 0.2) is 59.5 Å². The molecule has 3 heterocycles. The number of carbonyl (C=O) groups excluding carboxylic acids is 1. The van der Waals surface area contributed by atoms with E-state index in [2.05, 4.69) is 20.9 Å². The molecule has 1 aliphatic carbocycles. The zero-order valence-corrected chi connectivity index (χ0v) is 17.8. The van der Waals surface area contributed by atoms with Crippen LogP contribution >= 0.6 is 15.9 Å². The summed E-state index contributed by atoms with van der Waals surface area (Å²) in [7, 11) is 0. The van der Waals surface area contributed by atoms with Crippen LogP contribution < -0.4 is 0 Å². The minimum Gasteiger partial charge on any atom is -0.385 e. The smallest absolute Gasteiger partial charge is 0.275 e. The number of amides is 1. The number of hydrogen-bond donors (Lipinski definition) is 1. The lowest BCUT2D eigenvalue weighted by molar-refractivity contribution is -0.110. The van der Waals surface area contributed by atoms with Gasteiger partial charge in [0.1, 0.15) is 0 Å². The molecule has 1 aliphatic heterocycles. The molecular formula is C23H24BrN3O2. The van der Waals surface area contributed by atoms with E-state index in [1.807, 2.05) is 64.0 Å². The van der Waals surface area contributed by atoms with E-state index in [0.29, 0.717) is 23.4 Å². The highest BCUT2D eigenvalue weighted by molar-refractivity contribution is 9.10. The molecule has 6 heteroatoms. The van der Waals surface area contributed by atoms with Gasteiger partial charge in [0, 0.05) is 24.7 Å². The van der Waals surface area contributed by atoms with Crippen LogP contribution in [0.25, 0.3) is 5.52 Å². The fourth-order valence-corrected chi connectivity index (χ4v) is 5.80. The molecule has 0 radical (unpaired) electrons. The molecule has 3 atom stereocenters. The van der Waals surface area contributed by atoms with Crippen molar-refractivity contribution in [3.8, 4) is 0 Å². The number of halogens is 1. The molecule has 2 aromatic heterocycles. The molecule has 0 bridgehead atoms. The van der Waals surface area contributed by atoms with Crippen molar-refractivity contribution in [2.24, 2.45) is 5.92 Å². The summed E-state index contributed by atoms with van der Waals surface area (Å²) in [5.74, 6) is 0.0140.